The lowest BCUT2D eigenvalue weighted by atomic mass is 10.2. The predicted octanol–water partition coefficient (Wildman–Crippen LogP) is 6.98. The van der Waals surface area contributed by atoms with Gasteiger partial charge in [-0.05, 0) is 61.5 Å². The second-order valence-corrected chi connectivity index (χ2v) is 11.3. The second kappa shape index (κ2) is 11.3. The Kier molecular flexibility index (Phi) is 9.38. The third-order valence-corrected chi connectivity index (χ3v) is 8.10. The van der Waals surface area contributed by atoms with E-state index in [-0.39, 0.29) is 6.10 Å². The van der Waals surface area contributed by atoms with Crippen molar-refractivity contribution >= 4 is 47.3 Å². The Balaban J connectivity index is 2.24. The molecule has 0 spiro atoms. The summed E-state index contributed by atoms with van der Waals surface area (Å²) in [4.78, 5) is 13.0. The number of rotatable bonds is 10. The molecule has 0 aromatic heterocycles. The molecular formula is C20H24Cl2NO4PS. The maximum atomic E-state index is 13.7. The number of esters is 1. The van der Waals surface area contributed by atoms with Gasteiger partial charge in [0.05, 0.1) is 0 Å². The summed E-state index contributed by atoms with van der Waals surface area (Å²) in [6.07, 6.45) is 1.24. The van der Waals surface area contributed by atoms with Gasteiger partial charge in [0, 0.05) is 14.9 Å². The third-order valence-electron chi connectivity index (χ3n) is 3.93. The van der Waals surface area contributed by atoms with Gasteiger partial charge < -0.3 is 9.26 Å². The molecule has 0 heterocycles. The average molecular weight is 476 g/mol. The van der Waals surface area contributed by atoms with Crippen LogP contribution in [0.5, 0.6) is 5.75 Å². The molecule has 2 rings (SSSR count). The van der Waals surface area contributed by atoms with Gasteiger partial charge in [-0.25, -0.2) is 9.65 Å². The van der Waals surface area contributed by atoms with E-state index in [0.717, 1.165) is 11.4 Å². The standard InChI is InChI=1S/C20H24Cl2NO4PS/c1-4-17(5-2)26-20(24)14(3)23-28(25,27-18-9-7-6-8-10-18)29-19-12-15(21)11-16(22)13-19/h6-14,17H,4-5H2,1-3H3,(H,23,25)/t14-,28-/m0/s1. The lowest BCUT2D eigenvalue weighted by Gasteiger charge is -2.24. The summed E-state index contributed by atoms with van der Waals surface area (Å²) in [5.74, 6) is -0.0789. The molecule has 2 aromatic rings. The van der Waals surface area contributed by atoms with E-state index in [2.05, 4.69) is 5.09 Å². The van der Waals surface area contributed by atoms with Gasteiger partial charge in [-0.1, -0.05) is 55.2 Å². The number of para-hydroxylation sites is 1. The number of hydrogen-bond acceptors (Lipinski definition) is 5. The summed E-state index contributed by atoms with van der Waals surface area (Å²) >= 11 is 13.1. The molecule has 9 heteroatoms. The maximum Gasteiger partial charge on any atom is 0.379 e. The Morgan fingerprint density at radius 2 is 1.69 bits per heavy atom. The number of nitrogens with one attached hydrogen (secondary N) is 1. The van der Waals surface area contributed by atoms with Crippen LogP contribution in [0, 0.1) is 0 Å². The SMILES string of the molecule is CCC(CC)OC(=O)[C@H](C)N[P@](=O)(Oc1ccccc1)Sc1cc(Cl)cc(Cl)c1. The van der Waals surface area contributed by atoms with E-state index in [1.807, 2.05) is 19.9 Å². The van der Waals surface area contributed by atoms with E-state index in [4.69, 9.17) is 32.5 Å². The molecule has 29 heavy (non-hydrogen) atoms. The van der Waals surface area contributed by atoms with E-state index in [9.17, 15) is 9.36 Å². The highest BCUT2D eigenvalue weighted by molar-refractivity contribution is 8.56. The Morgan fingerprint density at radius 3 is 2.24 bits per heavy atom. The first-order valence-electron chi connectivity index (χ1n) is 9.23. The van der Waals surface area contributed by atoms with Crippen molar-refractivity contribution in [1.29, 1.82) is 0 Å². The normalized spacial score (nSPS) is 14.3. The highest BCUT2D eigenvalue weighted by Gasteiger charge is 2.33. The van der Waals surface area contributed by atoms with E-state index in [1.165, 1.54) is 0 Å². The van der Waals surface area contributed by atoms with Crippen LogP contribution >= 0.6 is 41.3 Å². The lowest BCUT2D eigenvalue weighted by Crippen LogP contribution is -2.35. The van der Waals surface area contributed by atoms with Crippen LogP contribution in [0.4, 0.5) is 0 Å². The molecule has 0 fully saturated rings. The zero-order valence-corrected chi connectivity index (χ0v) is 19.7. The van der Waals surface area contributed by atoms with Crippen molar-refractivity contribution in [2.24, 2.45) is 0 Å². The number of halogens is 2. The minimum atomic E-state index is -3.62. The summed E-state index contributed by atoms with van der Waals surface area (Å²) in [5.41, 5.74) is 0. The summed E-state index contributed by atoms with van der Waals surface area (Å²) in [7, 11) is 0. The summed E-state index contributed by atoms with van der Waals surface area (Å²) in [6, 6.07) is 12.7. The van der Waals surface area contributed by atoms with Gasteiger partial charge in [0.1, 0.15) is 17.9 Å². The fraction of sp³-hybridized carbons (Fsp3) is 0.350. The average Bonchev–Trinajstić information content (AvgIpc) is 2.65. The molecule has 0 aliphatic carbocycles. The molecule has 2 aromatic carbocycles. The van der Waals surface area contributed by atoms with Crippen LogP contribution in [-0.2, 0) is 14.1 Å². The number of hydrogen-bond donors (Lipinski definition) is 1. The Morgan fingerprint density at radius 1 is 1.10 bits per heavy atom. The van der Waals surface area contributed by atoms with Crippen LogP contribution in [-0.4, -0.2) is 18.1 Å². The number of carbonyl (C=O) groups is 1. The molecule has 1 N–H and O–H groups in total. The quantitative estimate of drug-likeness (QED) is 0.295. The van der Waals surface area contributed by atoms with Crippen LogP contribution in [0.15, 0.2) is 53.4 Å². The van der Waals surface area contributed by atoms with E-state index in [0.29, 0.717) is 33.5 Å². The zero-order chi connectivity index (χ0) is 21.4. The molecule has 0 unspecified atom stereocenters. The van der Waals surface area contributed by atoms with Crippen molar-refractivity contribution in [3.05, 3.63) is 58.6 Å². The summed E-state index contributed by atoms with van der Waals surface area (Å²) in [6.45, 7) is 1.86. The first kappa shape index (κ1) is 24.1. The largest absolute Gasteiger partial charge is 0.461 e. The summed E-state index contributed by atoms with van der Waals surface area (Å²) in [5, 5.41) is 3.64. The van der Waals surface area contributed by atoms with Crippen molar-refractivity contribution in [2.75, 3.05) is 0 Å². The number of benzene rings is 2. The van der Waals surface area contributed by atoms with Crippen LogP contribution in [0.1, 0.15) is 33.6 Å². The Bertz CT molecular complexity index is 845. The molecule has 2 atom stereocenters. The van der Waals surface area contributed by atoms with Gasteiger partial charge in [0.2, 0.25) is 0 Å². The molecule has 0 saturated heterocycles. The van der Waals surface area contributed by atoms with Gasteiger partial charge in [0.15, 0.2) is 0 Å². The maximum absolute atomic E-state index is 13.7. The first-order chi connectivity index (χ1) is 13.7. The van der Waals surface area contributed by atoms with Crippen molar-refractivity contribution in [3.63, 3.8) is 0 Å². The van der Waals surface area contributed by atoms with Gasteiger partial charge >= 0.3 is 12.7 Å². The molecule has 5 nitrogen and oxygen atoms in total. The molecule has 0 saturated carbocycles. The number of ether oxygens (including phenoxy) is 1. The fourth-order valence-corrected chi connectivity index (χ4v) is 6.99. The summed E-state index contributed by atoms with van der Waals surface area (Å²) < 4.78 is 24.9. The number of carbonyl (C=O) groups excluding carboxylic acids is 1. The van der Waals surface area contributed by atoms with E-state index >= 15 is 0 Å². The minimum Gasteiger partial charge on any atom is -0.461 e. The first-order valence-corrected chi connectivity index (χ1v) is 13.0. The highest BCUT2D eigenvalue weighted by Crippen LogP contribution is 2.59. The molecular weight excluding hydrogens is 452 g/mol. The monoisotopic (exact) mass is 475 g/mol. The van der Waals surface area contributed by atoms with Gasteiger partial charge in [-0.3, -0.25) is 4.79 Å². The third kappa shape index (κ3) is 7.88. The highest BCUT2D eigenvalue weighted by atomic mass is 35.5. The van der Waals surface area contributed by atoms with Gasteiger partial charge in [-0.15, -0.1) is 0 Å². The van der Waals surface area contributed by atoms with Crippen molar-refractivity contribution in [3.8, 4) is 5.75 Å². The second-order valence-electron chi connectivity index (χ2n) is 6.32. The molecule has 158 valence electrons. The predicted molar refractivity (Wildman–Crippen MR) is 120 cm³/mol. The van der Waals surface area contributed by atoms with Crippen LogP contribution < -0.4 is 9.61 Å². The lowest BCUT2D eigenvalue weighted by molar-refractivity contribution is -0.151. The Hall–Kier alpha value is -1.17. The van der Waals surface area contributed by atoms with Gasteiger partial charge in [0.25, 0.3) is 0 Å². The topological polar surface area (TPSA) is 64.6 Å². The Labute approximate surface area is 185 Å². The molecule has 0 amide bonds. The van der Waals surface area contributed by atoms with Crippen LogP contribution in [0.25, 0.3) is 0 Å². The zero-order valence-electron chi connectivity index (χ0n) is 16.4. The van der Waals surface area contributed by atoms with Crippen LogP contribution in [0.3, 0.4) is 0 Å². The molecule has 0 aliphatic heterocycles. The van der Waals surface area contributed by atoms with Gasteiger partial charge in [-0.2, -0.15) is 0 Å². The van der Waals surface area contributed by atoms with Crippen molar-refractivity contribution in [1.82, 2.24) is 5.09 Å². The molecule has 0 bridgehead atoms. The minimum absolute atomic E-state index is 0.180. The van der Waals surface area contributed by atoms with Crippen molar-refractivity contribution < 1.29 is 18.6 Å². The molecule has 0 radical (unpaired) electrons. The van der Waals surface area contributed by atoms with Crippen LogP contribution in [0.2, 0.25) is 10.0 Å². The fourth-order valence-electron chi connectivity index (χ4n) is 2.42. The van der Waals surface area contributed by atoms with E-state index < -0.39 is 18.7 Å². The van der Waals surface area contributed by atoms with Crippen molar-refractivity contribution in [2.45, 2.75) is 50.7 Å². The molecule has 0 aliphatic rings. The van der Waals surface area contributed by atoms with E-state index in [1.54, 1.807) is 49.4 Å². The smallest absolute Gasteiger partial charge is 0.379 e.